The normalized spacial score (nSPS) is 18.4. The molecule has 2 aliphatic rings. The van der Waals surface area contributed by atoms with E-state index in [1.165, 1.54) is 0 Å². The average molecular weight is 397 g/mol. The Hall–Kier alpha value is -2.87. The van der Waals surface area contributed by atoms with Crippen molar-refractivity contribution in [3.63, 3.8) is 0 Å². The van der Waals surface area contributed by atoms with Crippen LogP contribution in [-0.4, -0.2) is 79.6 Å². The van der Waals surface area contributed by atoms with Gasteiger partial charge in [-0.05, 0) is 19.1 Å². The van der Waals surface area contributed by atoms with Gasteiger partial charge in [-0.2, -0.15) is 5.10 Å². The van der Waals surface area contributed by atoms with E-state index in [9.17, 15) is 4.79 Å². The van der Waals surface area contributed by atoms with E-state index in [0.717, 1.165) is 50.9 Å². The Morgan fingerprint density at radius 1 is 1.03 bits per heavy atom. The SMILES string of the molecule is C[C@H](Oc1ccccc1)C(=O)N1CCN(c2cc(N3CCOCC3)cnn2)CC1. The Morgan fingerprint density at radius 2 is 1.76 bits per heavy atom. The molecule has 154 valence electrons. The Kier molecular flexibility index (Phi) is 6.09. The third-order valence-electron chi connectivity index (χ3n) is 5.32. The van der Waals surface area contributed by atoms with Crippen LogP contribution >= 0.6 is 0 Å². The minimum atomic E-state index is -0.506. The molecule has 3 heterocycles. The molecule has 8 heteroatoms. The first-order valence-corrected chi connectivity index (χ1v) is 10.1. The van der Waals surface area contributed by atoms with Gasteiger partial charge < -0.3 is 24.2 Å². The maximum absolute atomic E-state index is 12.7. The number of carbonyl (C=O) groups excluding carboxylic acids is 1. The molecule has 2 fully saturated rings. The third-order valence-corrected chi connectivity index (χ3v) is 5.32. The molecule has 0 N–H and O–H groups in total. The van der Waals surface area contributed by atoms with Crippen LogP contribution in [0.25, 0.3) is 0 Å². The van der Waals surface area contributed by atoms with Crippen molar-refractivity contribution in [2.24, 2.45) is 0 Å². The molecule has 1 aromatic heterocycles. The molecule has 0 saturated carbocycles. The second-order valence-corrected chi connectivity index (χ2v) is 7.26. The van der Waals surface area contributed by atoms with Gasteiger partial charge in [0.1, 0.15) is 5.75 Å². The maximum atomic E-state index is 12.7. The van der Waals surface area contributed by atoms with Gasteiger partial charge in [0.15, 0.2) is 11.9 Å². The van der Waals surface area contributed by atoms with E-state index in [2.05, 4.69) is 26.1 Å². The lowest BCUT2D eigenvalue weighted by Gasteiger charge is -2.36. The highest BCUT2D eigenvalue weighted by molar-refractivity contribution is 5.81. The lowest BCUT2D eigenvalue weighted by molar-refractivity contribution is -0.138. The lowest BCUT2D eigenvalue weighted by Crippen LogP contribution is -2.52. The number of anilines is 2. The van der Waals surface area contributed by atoms with Crippen LogP contribution in [0.4, 0.5) is 11.5 Å². The minimum Gasteiger partial charge on any atom is -0.481 e. The van der Waals surface area contributed by atoms with E-state index < -0.39 is 6.10 Å². The standard InChI is InChI=1S/C21H27N5O3/c1-17(29-19-5-3-2-4-6-19)21(27)26-9-7-25(8-10-26)20-15-18(16-22-23-20)24-11-13-28-14-12-24/h2-6,15-17H,7-14H2,1H3/t17-/m0/s1. The molecule has 0 unspecified atom stereocenters. The number of piperazine rings is 1. The lowest BCUT2D eigenvalue weighted by atomic mass is 10.2. The van der Waals surface area contributed by atoms with Crippen LogP contribution in [0.2, 0.25) is 0 Å². The zero-order chi connectivity index (χ0) is 20.1. The third kappa shape index (κ3) is 4.76. The van der Waals surface area contributed by atoms with Crippen molar-refractivity contribution >= 4 is 17.4 Å². The Bertz CT molecular complexity index is 805. The molecule has 4 rings (SSSR count). The Labute approximate surface area is 171 Å². The van der Waals surface area contributed by atoms with Crippen molar-refractivity contribution in [3.8, 4) is 5.75 Å². The van der Waals surface area contributed by atoms with Crippen LogP contribution in [0.3, 0.4) is 0 Å². The van der Waals surface area contributed by atoms with E-state index >= 15 is 0 Å². The van der Waals surface area contributed by atoms with Gasteiger partial charge in [-0.25, -0.2) is 0 Å². The number of rotatable bonds is 5. The van der Waals surface area contributed by atoms with Gasteiger partial charge >= 0.3 is 0 Å². The van der Waals surface area contributed by atoms with Crippen molar-refractivity contribution in [2.75, 3.05) is 62.3 Å². The molecule has 2 saturated heterocycles. The van der Waals surface area contributed by atoms with Crippen LogP contribution in [0, 0.1) is 0 Å². The van der Waals surface area contributed by atoms with Crippen molar-refractivity contribution in [1.82, 2.24) is 15.1 Å². The fourth-order valence-electron chi connectivity index (χ4n) is 3.66. The fraction of sp³-hybridized carbons (Fsp3) is 0.476. The summed E-state index contributed by atoms with van der Waals surface area (Å²) in [5.74, 6) is 1.58. The van der Waals surface area contributed by atoms with Gasteiger partial charge in [-0.15, -0.1) is 5.10 Å². The number of aromatic nitrogens is 2. The molecule has 1 aromatic carbocycles. The molecule has 2 aliphatic heterocycles. The van der Waals surface area contributed by atoms with E-state index in [0.29, 0.717) is 18.8 Å². The molecular formula is C21H27N5O3. The van der Waals surface area contributed by atoms with Gasteiger partial charge in [0.05, 0.1) is 25.1 Å². The van der Waals surface area contributed by atoms with Gasteiger partial charge in [0.25, 0.3) is 5.91 Å². The molecule has 2 aromatic rings. The number of ether oxygens (including phenoxy) is 2. The molecule has 0 spiro atoms. The number of carbonyl (C=O) groups is 1. The van der Waals surface area contributed by atoms with Crippen LogP contribution in [0.15, 0.2) is 42.6 Å². The summed E-state index contributed by atoms with van der Waals surface area (Å²) >= 11 is 0. The van der Waals surface area contributed by atoms with Crippen molar-refractivity contribution in [2.45, 2.75) is 13.0 Å². The van der Waals surface area contributed by atoms with E-state index in [1.807, 2.05) is 35.2 Å². The van der Waals surface area contributed by atoms with Crippen LogP contribution in [0.5, 0.6) is 5.75 Å². The monoisotopic (exact) mass is 397 g/mol. The van der Waals surface area contributed by atoms with E-state index in [-0.39, 0.29) is 5.91 Å². The Morgan fingerprint density at radius 3 is 2.48 bits per heavy atom. The van der Waals surface area contributed by atoms with Crippen molar-refractivity contribution in [3.05, 3.63) is 42.6 Å². The minimum absolute atomic E-state index is 0.0154. The first-order chi connectivity index (χ1) is 14.2. The number of hydrogen-bond donors (Lipinski definition) is 0. The Balaban J connectivity index is 1.32. The molecular weight excluding hydrogens is 370 g/mol. The first kappa shape index (κ1) is 19.4. The van der Waals surface area contributed by atoms with Gasteiger partial charge in [0.2, 0.25) is 0 Å². The van der Waals surface area contributed by atoms with E-state index in [4.69, 9.17) is 9.47 Å². The maximum Gasteiger partial charge on any atom is 0.263 e. The number of morpholine rings is 1. The van der Waals surface area contributed by atoms with Gasteiger partial charge in [0, 0.05) is 45.3 Å². The number of amides is 1. The summed E-state index contributed by atoms with van der Waals surface area (Å²) in [4.78, 5) is 19.1. The summed E-state index contributed by atoms with van der Waals surface area (Å²) in [6.45, 7) is 7.76. The van der Waals surface area contributed by atoms with Crippen LogP contribution in [0.1, 0.15) is 6.92 Å². The average Bonchev–Trinajstić information content (AvgIpc) is 2.80. The molecule has 1 atom stereocenters. The zero-order valence-electron chi connectivity index (χ0n) is 16.7. The fourth-order valence-corrected chi connectivity index (χ4v) is 3.66. The predicted molar refractivity (Wildman–Crippen MR) is 110 cm³/mol. The molecule has 1 amide bonds. The smallest absolute Gasteiger partial charge is 0.263 e. The molecule has 29 heavy (non-hydrogen) atoms. The molecule has 0 bridgehead atoms. The second kappa shape index (κ2) is 9.09. The quantitative estimate of drug-likeness (QED) is 0.756. The molecule has 0 radical (unpaired) electrons. The van der Waals surface area contributed by atoms with Crippen LogP contribution in [-0.2, 0) is 9.53 Å². The molecule has 0 aliphatic carbocycles. The first-order valence-electron chi connectivity index (χ1n) is 10.1. The number of nitrogens with zero attached hydrogens (tertiary/aromatic N) is 5. The summed E-state index contributed by atoms with van der Waals surface area (Å²) < 4.78 is 11.2. The second-order valence-electron chi connectivity index (χ2n) is 7.26. The van der Waals surface area contributed by atoms with E-state index in [1.54, 1.807) is 13.1 Å². The van der Waals surface area contributed by atoms with Gasteiger partial charge in [-0.1, -0.05) is 18.2 Å². The number of hydrogen-bond acceptors (Lipinski definition) is 7. The summed E-state index contributed by atoms with van der Waals surface area (Å²) in [5.41, 5.74) is 1.07. The predicted octanol–water partition coefficient (Wildman–Crippen LogP) is 1.43. The topological polar surface area (TPSA) is 71.0 Å². The summed E-state index contributed by atoms with van der Waals surface area (Å²) in [6.07, 6.45) is 1.30. The highest BCUT2D eigenvalue weighted by Gasteiger charge is 2.27. The highest BCUT2D eigenvalue weighted by atomic mass is 16.5. The van der Waals surface area contributed by atoms with Crippen molar-refractivity contribution in [1.29, 1.82) is 0 Å². The van der Waals surface area contributed by atoms with Gasteiger partial charge in [-0.3, -0.25) is 4.79 Å². The number of para-hydroxylation sites is 1. The molecule has 8 nitrogen and oxygen atoms in total. The summed E-state index contributed by atoms with van der Waals surface area (Å²) in [7, 11) is 0. The van der Waals surface area contributed by atoms with Crippen molar-refractivity contribution < 1.29 is 14.3 Å². The summed E-state index contributed by atoms with van der Waals surface area (Å²) in [6, 6.07) is 11.5. The zero-order valence-corrected chi connectivity index (χ0v) is 16.7. The highest BCUT2D eigenvalue weighted by Crippen LogP contribution is 2.21. The largest absolute Gasteiger partial charge is 0.481 e. The van der Waals surface area contributed by atoms with Crippen LogP contribution < -0.4 is 14.5 Å². The number of benzene rings is 1. The summed E-state index contributed by atoms with van der Waals surface area (Å²) in [5, 5.41) is 8.50.